The van der Waals surface area contributed by atoms with Gasteiger partial charge in [0.1, 0.15) is 11.6 Å². The molecule has 1 rings (SSSR count). The number of esters is 1. The highest BCUT2D eigenvalue weighted by atomic mass is 16.6. The van der Waals surface area contributed by atoms with Gasteiger partial charge in [-0.3, -0.25) is 0 Å². The van der Waals surface area contributed by atoms with Crippen LogP contribution >= 0.6 is 0 Å². The summed E-state index contributed by atoms with van der Waals surface area (Å²) in [6.45, 7) is 7.76. The molecule has 0 aromatic heterocycles. The second-order valence-electron chi connectivity index (χ2n) is 5.30. The summed E-state index contributed by atoms with van der Waals surface area (Å²) in [6, 6.07) is -0.565. The summed E-state index contributed by atoms with van der Waals surface area (Å²) in [6.07, 6.45) is 1.24. The van der Waals surface area contributed by atoms with Gasteiger partial charge in [-0.15, -0.1) is 0 Å². The number of amides is 1. The quantitative estimate of drug-likeness (QED) is 0.768. The smallest absolute Gasteiger partial charge is 0.408 e. The van der Waals surface area contributed by atoms with Gasteiger partial charge in [0.05, 0.1) is 6.61 Å². The highest BCUT2D eigenvalue weighted by Gasteiger charge is 2.38. The van der Waals surface area contributed by atoms with Crippen molar-refractivity contribution in [1.82, 2.24) is 5.32 Å². The maximum absolute atomic E-state index is 11.6. The molecule has 1 amide bonds. The number of hydrogen-bond donors (Lipinski definition) is 1. The van der Waals surface area contributed by atoms with Gasteiger partial charge < -0.3 is 14.8 Å². The number of carbonyl (C=O) groups is 2. The summed E-state index contributed by atoms with van der Waals surface area (Å²) >= 11 is 0. The van der Waals surface area contributed by atoms with Crippen LogP contribution < -0.4 is 5.32 Å². The summed E-state index contributed by atoms with van der Waals surface area (Å²) in [4.78, 5) is 23.0. The van der Waals surface area contributed by atoms with E-state index < -0.39 is 17.7 Å². The van der Waals surface area contributed by atoms with Crippen molar-refractivity contribution in [3.8, 4) is 0 Å². The number of alkyl carbamates (subject to hydrolysis) is 1. The van der Waals surface area contributed by atoms with E-state index in [1.54, 1.807) is 20.8 Å². The molecule has 1 heterocycles. The average molecular weight is 243 g/mol. The van der Waals surface area contributed by atoms with Crippen LogP contribution in [0.15, 0.2) is 0 Å². The summed E-state index contributed by atoms with van der Waals surface area (Å²) in [7, 11) is 0. The van der Waals surface area contributed by atoms with Crippen LogP contribution in [0.5, 0.6) is 0 Å². The first-order valence-electron chi connectivity index (χ1n) is 5.99. The van der Waals surface area contributed by atoms with E-state index in [1.807, 2.05) is 6.92 Å². The van der Waals surface area contributed by atoms with Crippen LogP contribution in [-0.4, -0.2) is 30.3 Å². The third-order valence-corrected chi connectivity index (χ3v) is 2.50. The lowest BCUT2D eigenvalue weighted by Gasteiger charge is -2.22. The molecule has 0 aliphatic carbocycles. The Balaban J connectivity index is 2.53. The minimum Gasteiger partial charge on any atom is -0.464 e. The Morgan fingerprint density at radius 2 is 2.18 bits per heavy atom. The molecule has 5 heteroatoms. The Morgan fingerprint density at radius 3 is 2.71 bits per heavy atom. The molecule has 0 saturated carbocycles. The van der Waals surface area contributed by atoms with Gasteiger partial charge >= 0.3 is 12.1 Å². The summed E-state index contributed by atoms with van der Waals surface area (Å²) < 4.78 is 10.1. The van der Waals surface area contributed by atoms with Crippen molar-refractivity contribution in [2.45, 2.75) is 52.2 Å². The number of nitrogens with one attached hydrogen (secondary N) is 1. The molecule has 98 valence electrons. The second-order valence-corrected chi connectivity index (χ2v) is 5.30. The molecule has 0 aromatic rings. The Bertz CT molecular complexity index is 295. The molecular weight excluding hydrogens is 222 g/mol. The van der Waals surface area contributed by atoms with E-state index in [-0.39, 0.29) is 11.9 Å². The zero-order valence-electron chi connectivity index (χ0n) is 10.9. The van der Waals surface area contributed by atoms with Crippen LogP contribution in [0.3, 0.4) is 0 Å². The van der Waals surface area contributed by atoms with E-state index in [0.717, 1.165) is 12.8 Å². The Hall–Kier alpha value is -1.26. The fourth-order valence-corrected chi connectivity index (χ4v) is 1.80. The van der Waals surface area contributed by atoms with Crippen molar-refractivity contribution in [3.63, 3.8) is 0 Å². The molecule has 17 heavy (non-hydrogen) atoms. The predicted octanol–water partition coefficient (Wildman–Crippen LogP) is 1.85. The largest absolute Gasteiger partial charge is 0.464 e. The highest BCUT2D eigenvalue weighted by Crippen LogP contribution is 2.20. The zero-order chi connectivity index (χ0) is 13.1. The number of cyclic esters (lactones) is 1. The molecule has 0 aromatic carbocycles. The van der Waals surface area contributed by atoms with Crippen LogP contribution in [-0.2, 0) is 14.3 Å². The molecule has 5 nitrogen and oxygen atoms in total. The van der Waals surface area contributed by atoms with Crippen molar-refractivity contribution >= 4 is 12.1 Å². The van der Waals surface area contributed by atoms with Gasteiger partial charge in [0.15, 0.2) is 0 Å². The lowest BCUT2D eigenvalue weighted by molar-refractivity contribution is -0.139. The maximum atomic E-state index is 11.6. The third kappa shape index (κ3) is 4.24. The van der Waals surface area contributed by atoms with E-state index in [9.17, 15) is 9.59 Å². The lowest BCUT2D eigenvalue weighted by Crippen LogP contribution is -2.44. The van der Waals surface area contributed by atoms with Gasteiger partial charge in [0.2, 0.25) is 0 Å². The van der Waals surface area contributed by atoms with Crippen molar-refractivity contribution in [2.75, 3.05) is 6.61 Å². The van der Waals surface area contributed by atoms with Crippen molar-refractivity contribution in [2.24, 2.45) is 5.92 Å². The van der Waals surface area contributed by atoms with E-state index in [0.29, 0.717) is 6.61 Å². The normalized spacial score (nSPS) is 24.4. The lowest BCUT2D eigenvalue weighted by atomic mass is 9.98. The SMILES string of the molecule is CCC[C@@H]1COC(=O)[C@H]1NC(=O)OC(C)(C)C. The van der Waals surface area contributed by atoms with Gasteiger partial charge in [-0.2, -0.15) is 0 Å². The Kier molecular flexibility index (Phi) is 4.37. The number of hydrogen-bond acceptors (Lipinski definition) is 4. The van der Waals surface area contributed by atoms with Gasteiger partial charge in [-0.1, -0.05) is 13.3 Å². The van der Waals surface area contributed by atoms with E-state index in [1.165, 1.54) is 0 Å². The number of ether oxygens (including phenoxy) is 2. The molecule has 1 N–H and O–H groups in total. The maximum Gasteiger partial charge on any atom is 0.408 e. The highest BCUT2D eigenvalue weighted by molar-refractivity contribution is 5.83. The Labute approximate surface area is 102 Å². The van der Waals surface area contributed by atoms with Crippen LogP contribution in [0, 0.1) is 5.92 Å². The molecule has 1 aliphatic rings. The van der Waals surface area contributed by atoms with Gasteiger partial charge in [0.25, 0.3) is 0 Å². The standard InChI is InChI=1S/C12H21NO4/c1-5-6-8-7-16-10(14)9(8)13-11(15)17-12(2,3)4/h8-9H,5-7H2,1-4H3,(H,13,15)/t8-,9+/m1/s1. The van der Waals surface area contributed by atoms with Crippen molar-refractivity contribution in [1.29, 1.82) is 0 Å². The third-order valence-electron chi connectivity index (χ3n) is 2.50. The second kappa shape index (κ2) is 5.38. The Morgan fingerprint density at radius 1 is 1.53 bits per heavy atom. The first kappa shape index (κ1) is 13.8. The van der Waals surface area contributed by atoms with Crippen molar-refractivity contribution in [3.05, 3.63) is 0 Å². The monoisotopic (exact) mass is 243 g/mol. The summed E-state index contributed by atoms with van der Waals surface area (Å²) in [5.74, 6) is -0.311. The van der Waals surface area contributed by atoms with Crippen LogP contribution in [0.4, 0.5) is 4.79 Å². The minimum atomic E-state index is -0.567. The summed E-state index contributed by atoms with van der Waals surface area (Å²) in [5.41, 5.74) is -0.563. The first-order chi connectivity index (χ1) is 7.83. The zero-order valence-corrected chi connectivity index (χ0v) is 10.9. The molecule has 0 radical (unpaired) electrons. The molecule has 0 bridgehead atoms. The molecule has 1 saturated heterocycles. The molecule has 2 atom stereocenters. The van der Waals surface area contributed by atoms with Crippen LogP contribution in [0.2, 0.25) is 0 Å². The fraction of sp³-hybridized carbons (Fsp3) is 0.833. The molecule has 0 unspecified atom stereocenters. The van der Waals surface area contributed by atoms with Crippen molar-refractivity contribution < 1.29 is 19.1 Å². The van der Waals surface area contributed by atoms with Crippen LogP contribution in [0.25, 0.3) is 0 Å². The average Bonchev–Trinajstić information content (AvgIpc) is 2.47. The first-order valence-corrected chi connectivity index (χ1v) is 5.99. The van der Waals surface area contributed by atoms with E-state index in [4.69, 9.17) is 9.47 Å². The van der Waals surface area contributed by atoms with Gasteiger partial charge in [-0.25, -0.2) is 9.59 Å². The summed E-state index contributed by atoms with van der Waals surface area (Å²) in [5, 5.41) is 2.58. The molecule has 1 fully saturated rings. The number of carbonyl (C=O) groups excluding carboxylic acids is 2. The minimum absolute atomic E-state index is 0.0556. The molecule has 1 aliphatic heterocycles. The van der Waals surface area contributed by atoms with Gasteiger partial charge in [-0.05, 0) is 27.2 Å². The molecular formula is C12H21NO4. The molecule has 0 spiro atoms. The topological polar surface area (TPSA) is 64.6 Å². The van der Waals surface area contributed by atoms with E-state index in [2.05, 4.69) is 5.32 Å². The number of rotatable bonds is 3. The predicted molar refractivity (Wildman–Crippen MR) is 62.5 cm³/mol. The fourth-order valence-electron chi connectivity index (χ4n) is 1.80. The van der Waals surface area contributed by atoms with Gasteiger partial charge in [0, 0.05) is 5.92 Å². The van der Waals surface area contributed by atoms with Crippen LogP contribution in [0.1, 0.15) is 40.5 Å². The van der Waals surface area contributed by atoms with E-state index >= 15 is 0 Å².